The quantitative estimate of drug-likeness (QED) is 0.788. The number of hydrogen-bond acceptors (Lipinski definition) is 3. The third kappa shape index (κ3) is 3.51. The van der Waals surface area contributed by atoms with Crippen LogP contribution in [0, 0.1) is 17.6 Å². The van der Waals surface area contributed by atoms with Crippen LogP contribution in [0.4, 0.5) is 8.78 Å². The first-order valence-electron chi connectivity index (χ1n) is 8.90. The van der Waals surface area contributed by atoms with Crippen molar-refractivity contribution in [2.45, 2.75) is 37.4 Å². The van der Waals surface area contributed by atoms with E-state index in [0.29, 0.717) is 35.1 Å². The predicted molar refractivity (Wildman–Crippen MR) is 99.9 cm³/mol. The van der Waals surface area contributed by atoms with Crippen LogP contribution < -0.4 is 10.0 Å². The normalized spacial score (nSPS) is 28.5. The molecule has 2 aromatic carbocycles. The Kier molecular flexibility index (Phi) is 5.01. The molecule has 2 aliphatic heterocycles. The molecule has 2 N–H and O–H groups in total. The number of piperidine rings is 2. The third-order valence-corrected chi connectivity index (χ3v) is 6.13. The first kappa shape index (κ1) is 17.9. The minimum absolute atomic E-state index is 0.0358. The van der Waals surface area contributed by atoms with Crippen LogP contribution in [0.3, 0.4) is 0 Å². The minimum Gasteiger partial charge on any atom is -0.598 e. The number of rotatable bonds is 5. The maximum atomic E-state index is 15.1. The molecule has 0 aromatic heterocycles. The molecule has 2 bridgehead atoms. The highest BCUT2D eigenvalue weighted by Gasteiger charge is 2.47. The van der Waals surface area contributed by atoms with Crippen molar-refractivity contribution in [2.75, 3.05) is 6.26 Å². The van der Waals surface area contributed by atoms with E-state index in [1.165, 1.54) is 12.1 Å². The van der Waals surface area contributed by atoms with Crippen molar-refractivity contribution in [3.05, 3.63) is 59.7 Å². The fourth-order valence-corrected chi connectivity index (χ4v) is 4.98. The summed E-state index contributed by atoms with van der Waals surface area (Å²) in [6, 6.07) is 11.8. The topological polar surface area (TPSA) is 47.1 Å². The summed E-state index contributed by atoms with van der Waals surface area (Å²) in [5, 5.41) is 3.56. The molecule has 0 radical (unpaired) electrons. The highest BCUT2D eigenvalue weighted by molar-refractivity contribution is 7.88. The Bertz CT molecular complexity index is 795. The zero-order valence-electron chi connectivity index (χ0n) is 14.5. The Hall–Kier alpha value is -1.47. The van der Waals surface area contributed by atoms with Crippen molar-refractivity contribution in [1.29, 1.82) is 0 Å². The molecule has 0 spiro atoms. The van der Waals surface area contributed by atoms with E-state index in [2.05, 4.69) is 10.0 Å². The molecule has 3 atom stereocenters. The molecule has 2 aromatic rings. The molecule has 26 heavy (non-hydrogen) atoms. The van der Waals surface area contributed by atoms with Crippen molar-refractivity contribution >= 4 is 11.4 Å². The summed E-state index contributed by atoms with van der Waals surface area (Å²) in [7, 11) is 0. The first-order valence-corrected chi connectivity index (χ1v) is 10.5. The standard InChI is InChI=1S/C20H22F2N2OS/c1-26(25)24-20-14-9-16(10-14)23-18(20)11-13-5-3-7-17(19(13)22)12-4-2-6-15(21)8-12/h2-8,14,16,18,20,23-24H,9-11H2,1H3/t14?,16?,18-,20-,26?/m0/s1. The second-order valence-electron chi connectivity index (χ2n) is 7.29. The van der Waals surface area contributed by atoms with Gasteiger partial charge < -0.3 is 9.87 Å². The lowest BCUT2D eigenvalue weighted by molar-refractivity contribution is 0.0809. The second kappa shape index (κ2) is 7.27. The second-order valence-corrected chi connectivity index (χ2v) is 8.44. The molecule has 1 unspecified atom stereocenters. The summed E-state index contributed by atoms with van der Waals surface area (Å²) in [6.45, 7) is 0. The maximum Gasteiger partial charge on any atom is 0.134 e. The molecule has 1 aliphatic carbocycles. The molecule has 2 heterocycles. The van der Waals surface area contributed by atoms with Crippen molar-refractivity contribution in [2.24, 2.45) is 5.92 Å². The van der Waals surface area contributed by atoms with Crippen LogP contribution in [0.15, 0.2) is 42.5 Å². The number of hydrogen-bond donors (Lipinski definition) is 2. The molecular formula is C20H22F2N2OS. The Morgan fingerprint density at radius 2 is 1.96 bits per heavy atom. The summed E-state index contributed by atoms with van der Waals surface area (Å²) in [5.41, 5.74) is 1.54. The van der Waals surface area contributed by atoms with Gasteiger partial charge in [0.15, 0.2) is 0 Å². The number of fused-ring (bicyclic) bond motifs is 2. The van der Waals surface area contributed by atoms with Gasteiger partial charge in [-0.15, -0.1) is 4.72 Å². The Morgan fingerprint density at radius 3 is 2.69 bits per heavy atom. The number of nitrogens with one attached hydrogen (secondary N) is 2. The number of benzene rings is 2. The first-order chi connectivity index (χ1) is 12.5. The zero-order chi connectivity index (χ0) is 18.3. The Morgan fingerprint density at radius 1 is 1.19 bits per heavy atom. The van der Waals surface area contributed by atoms with Crippen LogP contribution in [0.1, 0.15) is 18.4 Å². The largest absolute Gasteiger partial charge is 0.598 e. The molecule has 138 valence electrons. The van der Waals surface area contributed by atoms with E-state index in [1.807, 2.05) is 6.07 Å². The van der Waals surface area contributed by atoms with E-state index in [9.17, 15) is 8.94 Å². The summed E-state index contributed by atoms with van der Waals surface area (Å²) < 4.78 is 43.4. The molecular weight excluding hydrogens is 354 g/mol. The lowest BCUT2D eigenvalue weighted by atomic mass is 9.68. The molecule has 6 heteroatoms. The molecule has 0 amide bonds. The van der Waals surface area contributed by atoms with Gasteiger partial charge in [0.2, 0.25) is 0 Å². The lowest BCUT2D eigenvalue weighted by Gasteiger charge is -2.51. The summed E-state index contributed by atoms with van der Waals surface area (Å²) in [4.78, 5) is 0. The van der Waals surface area contributed by atoms with Crippen molar-refractivity contribution in [1.82, 2.24) is 10.0 Å². The highest BCUT2D eigenvalue weighted by atomic mass is 32.2. The van der Waals surface area contributed by atoms with Crippen LogP contribution >= 0.6 is 0 Å². The van der Waals surface area contributed by atoms with E-state index in [4.69, 9.17) is 0 Å². The van der Waals surface area contributed by atoms with Crippen LogP contribution in [-0.4, -0.2) is 28.9 Å². The average Bonchev–Trinajstić information content (AvgIpc) is 2.56. The van der Waals surface area contributed by atoms with Crippen molar-refractivity contribution < 1.29 is 13.3 Å². The monoisotopic (exact) mass is 376 g/mol. The van der Waals surface area contributed by atoms with Crippen molar-refractivity contribution in [3.63, 3.8) is 0 Å². The lowest BCUT2D eigenvalue weighted by Crippen LogP contribution is -2.67. The molecule has 5 rings (SSSR count). The van der Waals surface area contributed by atoms with Gasteiger partial charge >= 0.3 is 0 Å². The van der Waals surface area contributed by atoms with E-state index in [1.54, 1.807) is 30.5 Å². The molecule has 3 nitrogen and oxygen atoms in total. The average molecular weight is 376 g/mol. The Labute approximate surface area is 155 Å². The van der Waals surface area contributed by atoms with Crippen molar-refractivity contribution in [3.8, 4) is 11.1 Å². The fraction of sp³-hybridized carbons (Fsp3) is 0.400. The summed E-state index contributed by atoms with van der Waals surface area (Å²) >= 11 is -1.11. The summed E-state index contributed by atoms with van der Waals surface area (Å²) in [5.74, 6) is -0.198. The van der Waals surface area contributed by atoms with Gasteiger partial charge in [-0.25, -0.2) is 8.78 Å². The van der Waals surface area contributed by atoms with Gasteiger partial charge in [-0.1, -0.05) is 30.3 Å². The van der Waals surface area contributed by atoms with Gasteiger partial charge in [0, 0.05) is 29.0 Å². The van der Waals surface area contributed by atoms with Crippen LogP contribution in [0.25, 0.3) is 11.1 Å². The van der Waals surface area contributed by atoms with Crippen LogP contribution in [0.5, 0.6) is 0 Å². The van der Waals surface area contributed by atoms with E-state index in [0.717, 1.165) is 12.8 Å². The maximum absolute atomic E-state index is 15.1. The van der Waals surface area contributed by atoms with Gasteiger partial charge in [0.05, 0.1) is 6.04 Å². The van der Waals surface area contributed by atoms with E-state index in [-0.39, 0.29) is 23.7 Å². The highest BCUT2D eigenvalue weighted by Crippen LogP contribution is 2.38. The smallest absolute Gasteiger partial charge is 0.134 e. The van der Waals surface area contributed by atoms with E-state index < -0.39 is 11.4 Å². The number of halogens is 2. The third-order valence-electron chi connectivity index (χ3n) is 5.52. The SMILES string of the molecule is C[S+]([O-])N[C@H]1C2CC(C2)N[C@H]1Cc1cccc(-c2cccc(F)c2)c1F. The van der Waals surface area contributed by atoms with Crippen LogP contribution in [-0.2, 0) is 17.8 Å². The summed E-state index contributed by atoms with van der Waals surface area (Å²) in [6.07, 6.45) is 4.30. The Balaban J connectivity index is 1.59. The van der Waals surface area contributed by atoms with Crippen LogP contribution in [0.2, 0.25) is 0 Å². The molecule has 2 saturated heterocycles. The molecule has 3 fully saturated rings. The van der Waals surface area contributed by atoms with Gasteiger partial charge in [-0.2, -0.15) is 0 Å². The van der Waals surface area contributed by atoms with Gasteiger partial charge in [0.25, 0.3) is 0 Å². The molecule has 1 saturated carbocycles. The fourth-order valence-electron chi connectivity index (χ4n) is 4.24. The predicted octanol–water partition coefficient (Wildman–Crippen LogP) is 3.18. The molecule has 3 aliphatic rings. The van der Waals surface area contributed by atoms with Gasteiger partial charge in [-0.3, -0.25) is 0 Å². The van der Waals surface area contributed by atoms with E-state index >= 15 is 4.39 Å². The zero-order valence-corrected chi connectivity index (χ0v) is 15.4. The van der Waals surface area contributed by atoms with Gasteiger partial charge in [0.1, 0.15) is 17.9 Å². The minimum atomic E-state index is -1.11. The van der Waals surface area contributed by atoms with Gasteiger partial charge in [-0.05, 0) is 48.4 Å².